The molecule has 0 bridgehead atoms. The number of carbonyl (C=O) groups is 4. The standard InChI is InChI=1S/C36H46N6O4/c1-5-27-14-15-31(21-30(27)22-33(44)40-32-13-8-9-18-38-32)39-34(45)25-42(24-29-12-7-6-11-28(29)23-37-4)35(46)36(3)16-10-19-41(20-17-36)26(2)43/h6-9,11-15,18,21,37H,5,10,16-17,19-20,22-25H2,1-4H3,(H,39,45)(H,38,40,44). The van der Waals surface area contributed by atoms with Crippen LogP contribution in [0.25, 0.3) is 0 Å². The van der Waals surface area contributed by atoms with Crippen LogP contribution in [-0.4, -0.2) is 65.1 Å². The topological polar surface area (TPSA) is 124 Å². The maximum atomic E-state index is 14.3. The molecule has 4 rings (SSSR count). The first-order valence-corrected chi connectivity index (χ1v) is 16.0. The van der Waals surface area contributed by atoms with Crippen LogP contribution in [-0.2, 0) is 45.1 Å². The number of benzene rings is 2. The van der Waals surface area contributed by atoms with E-state index in [0.29, 0.717) is 44.0 Å². The molecule has 3 N–H and O–H groups in total. The van der Waals surface area contributed by atoms with E-state index in [2.05, 4.69) is 20.9 Å². The number of nitrogens with zero attached hydrogens (tertiary/aromatic N) is 3. The molecule has 46 heavy (non-hydrogen) atoms. The minimum atomic E-state index is -0.709. The molecule has 1 aromatic heterocycles. The summed E-state index contributed by atoms with van der Waals surface area (Å²) in [6.45, 7) is 7.45. The highest BCUT2D eigenvalue weighted by Crippen LogP contribution is 2.34. The second kappa shape index (κ2) is 16.1. The smallest absolute Gasteiger partial charge is 0.244 e. The van der Waals surface area contributed by atoms with E-state index in [1.54, 1.807) is 41.1 Å². The van der Waals surface area contributed by atoms with E-state index in [4.69, 9.17) is 0 Å². The first-order chi connectivity index (χ1) is 22.1. The van der Waals surface area contributed by atoms with Crippen molar-refractivity contribution in [2.24, 2.45) is 5.41 Å². The molecule has 2 aromatic carbocycles. The Balaban J connectivity index is 1.53. The van der Waals surface area contributed by atoms with Crippen LogP contribution in [0.2, 0.25) is 0 Å². The van der Waals surface area contributed by atoms with E-state index < -0.39 is 5.41 Å². The molecule has 1 aliphatic rings. The monoisotopic (exact) mass is 626 g/mol. The van der Waals surface area contributed by atoms with E-state index in [1.165, 1.54) is 0 Å². The lowest BCUT2D eigenvalue weighted by Gasteiger charge is -2.34. The van der Waals surface area contributed by atoms with Crippen molar-refractivity contribution in [1.82, 2.24) is 20.1 Å². The first-order valence-electron chi connectivity index (χ1n) is 16.0. The van der Waals surface area contributed by atoms with E-state index in [-0.39, 0.29) is 43.1 Å². The zero-order valence-corrected chi connectivity index (χ0v) is 27.4. The number of aromatic nitrogens is 1. The third-order valence-corrected chi connectivity index (χ3v) is 8.67. The highest BCUT2D eigenvalue weighted by Gasteiger charge is 2.39. The zero-order chi connectivity index (χ0) is 33.1. The number of anilines is 2. The van der Waals surface area contributed by atoms with Gasteiger partial charge in [-0.15, -0.1) is 0 Å². The summed E-state index contributed by atoms with van der Waals surface area (Å²) in [7, 11) is 1.88. The van der Waals surface area contributed by atoms with Gasteiger partial charge in [-0.05, 0) is 79.3 Å². The van der Waals surface area contributed by atoms with Crippen LogP contribution in [0.15, 0.2) is 66.9 Å². The Hall–Kier alpha value is -4.57. The number of pyridine rings is 1. The van der Waals surface area contributed by atoms with E-state index >= 15 is 0 Å². The molecule has 1 unspecified atom stereocenters. The number of hydrogen-bond acceptors (Lipinski definition) is 6. The van der Waals surface area contributed by atoms with Crippen LogP contribution in [0.3, 0.4) is 0 Å². The third kappa shape index (κ3) is 9.23. The molecule has 1 aliphatic heterocycles. The third-order valence-electron chi connectivity index (χ3n) is 8.67. The van der Waals surface area contributed by atoms with Gasteiger partial charge in [0.05, 0.1) is 6.42 Å². The molecule has 1 fully saturated rings. The molecular formula is C36H46N6O4. The summed E-state index contributed by atoms with van der Waals surface area (Å²) < 4.78 is 0. The summed E-state index contributed by atoms with van der Waals surface area (Å²) >= 11 is 0. The fourth-order valence-corrected chi connectivity index (χ4v) is 6.05. The molecule has 4 amide bonds. The SMILES string of the molecule is CCc1ccc(NC(=O)CN(Cc2ccccc2CNC)C(=O)C2(C)CCCN(C(C)=O)CC2)cc1CC(=O)Nc1ccccn1. The van der Waals surface area contributed by atoms with Gasteiger partial charge in [0.25, 0.3) is 0 Å². The van der Waals surface area contributed by atoms with Gasteiger partial charge in [0.1, 0.15) is 12.4 Å². The minimum Gasteiger partial charge on any atom is -0.343 e. The molecular weight excluding hydrogens is 580 g/mol. The Labute approximate surface area is 272 Å². The lowest BCUT2D eigenvalue weighted by molar-refractivity contribution is -0.145. The van der Waals surface area contributed by atoms with Crippen molar-refractivity contribution in [1.29, 1.82) is 0 Å². The molecule has 0 saturated carbocycles. The Bertz CT molecular complexity index is 1530. The number of nitrogens with one attached hydrogen (secondary N) is 3. The maximum absolute atomic E-state index is 14.3. The molecule has 3 aromatic rings. The predicted octanol–water partition coefficient (Wildman–Crippen LogP) is 4.55. The van der Waals surface area contributed by atoms with Crippen LogP contribution < -0.4 is 16.0 Å². The van der Waals surface area contributed by atoms with Gasteiger partial charge in [0.2, 0.25) is 23.6 Å². The van der Waals surface area contributed by atoms with Crippen molar-refractivity contribution in [3.8, 4) is 0 Å². The summed E-state index contributed by atoms with van der Waals surface area (Å²) in [5, 5.41) is 8.98. The fraction of sp³-hybridized carbons (Fsp3) is 0.417. The predicted molar refractivity (Wildman–Crippen MR) is 180 cm³/mol. The number of rotatable bonds is 12. The Kier molecular flexibility index (Phi) is 12.0. The van der Waals surface area contributed by atoms with E-state index in [0.717, 1.165) is 35.1 Å². The van der Waals surface area contributed by atoms with Crippen LogP contribution in [0.5, 0.6) is 0 Å². The second-order valence-electron chi connectivity index (χ2n) is 12.2. The molecule has 1 atom stereocenters. The van der Waals surface area contributed by atoms with Gasteiger partial charge < -0.3 is 25.8 Å². The van der Waals surface area contributed by atoms with Crippen molar-refractivity contribution < 1.29 is 19.2 Å². The number of carbonyl (C=O) groups excluding carboxylic acids is 4. The van der Waals surface area contributed by atoms with E-state index in [1.807, 2.05) is 63.4 Å². The van der Waals surface area contributed by atoms with Crippen molar-refractivity contribution in [2.45, 2.75) is 66.0 Å². The molecule has 0 radical (unpaired) electrons. The number of likely N-dealkylation sites (tertiary alicyclic amines) is 1. The zero-order valence-electron chi connectivity index (χ0n) is 27.4. The average Bonchev–Trinajstić information content (AvgIpc) is 3.24. The average molecular weight is 627 g/mol. The second-order valence-corrected chi connectivity index (χ2v) is 12.2. The largest absolute Gasteiger partial charge is 0.343 e. The van der Waals surface area contributed by atoms with Gasteiger partial charge >= 0.3 is 0 Å². The molecule has 0 aliphatic carbocycles. The number of aryl methyl sites for hydroxylation is 1. The van der Waals surface area contributed by atoms with Crippen molar-refractivity contribution in [2.75, 3.05) is 37.3 Å². The molecule has 10 heteroatoms. The summed E-state index contributed by atoms with van der Waals surface area (Å²) in [6, 6.07) is 18.8. The van der Waals surface area contributed by atoms with Crippen molar-refractivity contribution in [3.63, 3.8) is 0 Å². The lowest BCUT2D eigenvalue weighted by atomic mass is 9.81. The molecule has 244 valence electrons. The quantitative estimate of drug-likeness (QED) is 0.271. The summed E-state index contributed by atoms with van der Waals surface area (Å²) in [5.74, 6) is -0.131. The molecule has 1 saturated heterocycles. The number of hydrogen-bond donors (Lipinski definition) is 3. The maximum Gasteiger partial charge on any atom is 0.244 e. The molecule has 10 nitrogen and oxygen atoms in total. The van der Waals surface area contributed by atoms with Crippen molar-refractivity contribution in [3.05, 3.63) is 89.1 Å². The highest BCUT2D eigenvalue weighted by molar-refractivity contribution is 5.96. The Morgan fingerprint density at radius 3 is 2.35 bits per heavy atom. The summed E-state index contributed by atoms with van der Waals surface area (Å²) in [6.07, 6.45) is 4.37. The lowest BCUT2D eigenvalue weighted by Crippen LogP contribution is -2.46. The Morgan fingerprint density at radius 2 is 1.65 bits per heavy atom. The fourth-order valence-electron chi connectivity index (χ4n) is 6.05. The first kappa shape index (κ1) is 34.3. The van der Waals surface area contributed by atoms with Gasteiger partial charge in [-0.3, -0.25) is 19.2 Å². The van der Waals surface area contributed by atoms with Crippen LogP contribution in [0.4, 0.5) is 11.5 Å². The number of amides is 4. The van der Waals surface area contributed by atoms with Gasteiger partial charge in [-0.2, -0.15) is 0 Å². The van der Waals surface area contributed by atoms with Gasteiger partial charge in [0, 0.05) is 50.4 Å². The van der Waals surface area contributed by atoms with Crippen molar-refractivity contribution >= 4 is 35.1 Å². The minimum absolute atomic E-state index is 0.0107. The van der Waals surface area contributed by atoms with Gasteiger partial charge in [0.15, 0.2) is 0 Å². The van der Waals surface area contributed by atoms with Crippen LogP contribution in [0, 0.1) is 5.41 Å². The van der Waals surface area contributed by atoms with Gasteiger partial charge in [-0.1, -0.05) is 50.2 Å². The highest BCUT2D eigenvalue weighted by atomic mass is 16.2. The van der Waals surface area contributed by atoms with Crippen LogP contribution in [0.1, 0.15) is 62.3 Å². The normalized spacial score (nSPS) is 16.3. The summed E-state index contributed by atoms with van der Waals surface area (Å²) in [4.78, 5) is 60.4. The molecule has 2 heterocycles. The van der Waals surface area contributed by atoms with Crippen LogP contribution >= 0.6 is 0 Å². The summed E-state index contributed by atoms with van der Waals surface area (Å²) in [5.41, 5.74) is 3.69. The van der Waals surface area contributed by atoms with E-state index in [9.17, 15) is 19.2 Å². The Morgan fingerprint density at radius 1 is 0.891 bits per heavy atom. The molecule has 0 spiro atoms. The van der Waals surface area contributed by atoms with Gasteiger partial charge in [-0.25, -0.2) is 4.98 Å².